The van der Waals surface area contributed by atoms with Crippen LogP contribution in [-0.2, 0) is 16.0 Å². The van der Waals surface area contributed by atoms with Crippen molar-refractivity contribution in [3.8, 4) is 5.75 Å². The van der Waals surface area contributed by atoms with Crippen LogP contribution in [0.25, 0.3) is 0 Å². The summed E-state index contributed by atoms with van der Waals surface area (Å²) < 4.78 is 11.0. The summed E-state index contributed by atoms with van der Waals surface area (Å²) in [6.45, 7) is 7.85. The van der Waals surface area contributed by atoms with E-state index in [-0.39, 0.29) is 12.0 Å². The Balaban J connectivity index is 2.07. The first-order valence-corrected chi connectivity index (χ1v) is 7.72. The SMILES string of the molecule is CCc1ccc(OCCC(=O)NCCCOC(C)C)cc1. The van der Waals surface area contributed by atoms with Gasteiger partial charge in [0.1, 0.15) is 5.75 Å². The van der Waals surface area contributed by atoms with Gasteiger partial charge in [0, 0.05) is 13.2 Å². The van der Waals surface area contributed by atoms with Crippen LogP contribution in [0.15, 0.2) is 24.3 Å². The zero-order valence-corrected chi connectivity index (χ0v) is 13.4. The summed E-state index contributed by atoms with van der Waals surface area (Å²) in [5.74, 6) is 0.829. The van der Waals surface area contributed by atoms with Crippen LogP contribution in [0.4, 0.5) is 0 Å². The summed E-state index contributed by atoms with van der Waals surface area (Å²) in [5, 5.41) is 2.86. The van der Waals surface area contributed by atoms with Crippen molar-refractivity contribution in [2.75, 3.05) is 19.8 Å². The molecule has 21 heavy (non-hydrogen) atoms. The number of nitrogens with one attached hydrogen (secondary N) is 1. The molecule has 0 saturated carbocycles. The number of aryl methyl sites for hydroxylation is 1. The Labute approximate surface area is 127 Å². The predicted molar refractivity (Wildman–Crippen MR) is 84.6 cm³/mol. The quantitative estimate of drug-likeness (QED) is 0.675. The molecule has 1 N–H and O–H groups in total. The van der Waals surface area contributed by atoms with Crippen molar-refractivity contribution >= 4 is 5.91 Å². The number of carbonyl (C=O) groups is 1. The maximum atomic E-state index is 11.6. The van der Waals surface area contributed by atoms with Crippen LogP contribution >= 0.6 is 0 Å². The van der Waals surface area contributed by atoms with Gasteiger partial charge >= 0.3 is 0 Å². The first-order valence-electron chi connectivity index (χ1n) is 7.72. The average molecular weight is 293 g/mol. The highest BCUT2D eigenvalue weighted by atomic mass is 16.5. The average Bonchev–Trinajstić information content (AvgIpc) is 2.47. The summed E-state index contributed by atoms with van der Waals surface area (Å²) in [7, 11) is 0. The topological polar surface area (TPSA) is 47.6 Å². The molecule has 0 aromatic heterocycles. The second kappa shape index (κ2) is 10.2. The molecule has 1 rings (SSSR count). The van der Waals surface area contributed by atoms with E-state index in [0.717, 1.165) is 18.6 Å². The number of hydrogen-bond acceptors (Lipinski definition) is 3. The number of amides is 1. The lowest BCUT2D eigenvalue weighted by molar-refractivity contribution is -0.121. The molecule has 0 heterocycles. The molecule has 0 spiro atoms. The molecule has 0 atom stereocenters. The largest absolute Gasteiger partial charge is 0.493 e. The highest BCUT2D eigenvalue weighted by molar-refractivity contribution is 5.75. The third kappa shape index (κ3) is 8.35. The lowest BCUT2D eigenvalue weighted by Crippen LogP contribution is -2.26. The van der Waals surface area contributed by atoms with E-state index < -0.39 is 0 Å². The van der Waals surface area contributed by atoms with Crippen LogP contribution < -0.4 is 10.1 Å². The van der Waals surface area contributed by atoms with Gasteiger partial charge in [-0.1, -0.05) is 19.1 Å². The molecule has 0 aliphatic carbocycles. The van der Waals surface area contributed by atoms with E-state index in [4.69, 9.17) is 9.47 Å². The monoisotopic (exact) mass is 293 g/mol. The van der Waals surface area contributed by atoms with E-state index in [1.165, 1.54) is 5.56 Å². The number of rotatable bonds is 10. The van der Waals surface area contributed by atoms with Gasteiger partial charge in [0.15, 0.2) is 0 Å². The normalized spacial score (nSPS) is 10.7. The van der Waals surface area contributed by atoms with Crippen molar-refractivity contribution in [3.05, 3.63) is 29.8 Å². The summed E-state index contributed by atoms with van der Waals surface area (Å²) in [4.78, 5) is 11.6. The number of carbonyl (C=O) groups excluding carboxylic acids is 1. The molecule has 4 nitrogen and oxygen atoms in total. The standard InChI is InChI=1S/C17H27NO3/c1-4-15-6-8-16(9-7-15)21-13-10-17(19)18-11-5-12-20-14(2)3/h6-9,14H,4-5,10-13H2,1-3H3,(H,18,19). The minimum Gasteiger partial charge on any atom is -0.493 e. The van der Waals surface area contributed by atoms with Crippen molar-refractivity contribution < 1.29 is 14.3 Å². The van der Waals surface area contributed by atoms with E-state index in [1.807, 2.05) is 38.1 Å². The van der Waals surface area contributed by atoms with E-state index in [0.29, 0.717) is 26.2 Å². The molecule has 1 aromatic rings. The fourth-order valence-electron chi connectivity index (χ4n) is 1.79. The third-order valence-corrected chi connectivity index (χ3v) is 3.02. The maximum Gasteiger partial charge on any atom is 0.223 e. The first kappa shape index (κ1) is 17.5. The van der Waals surface area contributed by atoms with Crippen LogP contribution in [-0.4, -0.2) is 31.8 Å². The van der Waals surface area contributed by atoms with Gasteiger partial charge in [-0.25, -0.2) is 0 Å². The van der Waals surface area contributed by atoms with Crippen molar-refractivity contribution in [2.45, 2.75) is 46.1 Å². The van der Waals surface area contributed by atoms with Crippen LogP contribution in [0.2, 0.25) is 0 Å². The summed E-state index contributed by atoms with van der Waals surface area (Å²) >= 11 is 0. The molecule has 0 saturated heterocycles. The van der Waals surface area contributed by atoms with Crippen molar-refractivity contribution in [1.82, 2.24) is 5.32 Å². The zero-order chi connectivity index (χ0) is 15.5. The minimum atomic E-state index is 0.0183. The highest BCUT2D eigenvalue weighted by Crippen LogP contribution is 2.12. The van der Waals surface area contributed by atoms with Gasteiger partial charge in [-0.15, -0.1) is 0 Å². The number of benzene rings is 1. The Kier molecular flexibility index (Phi) is 8.51. The number of ether oxygens (including phenoxy) is 2. The Morgan fingerprint density at radius 3 is 2.52 bits per heavy atom. The van der Waals surface area contributed by atoms with Gasteiger partial charge in [-0.05, 0) is 44.4 Å². The Hall–Kier alpha value is -1.55. The van der Waals surface area contributed by atoms with Gasteiger partial charge in [0.05, 0.1) is 19.1 Å². The maximum absolute atomic E-state index is 11.6. The molecular formula is C17H27NO3. The molecule has 0 aliphatic rings. The minimum absolute atomic E-state index is 0.0183. The molecule has 0 aliphatic heterocycles. The summed E-state index contributed by atoms with van der Waals surface area (Å²) in [6, 6.07) is 7.98. The van der Waals surface area contributed by atoms with E-state index >= 15 is 0 Å². The van der Waals surface area contributed by atoms with Crippen molar-refractivity contribution in [1.29, 1.82) is 0 Å². The third-order valence-electron chi connectivity index (χ3n) is 3.02. The van der Waals surface area contributed by atoms with Crippen molar-refractivity contribution in [3.63, 3.8) is 0 Å². The summed E-state index contributed by atoms with van der Waals surface area (Å²) in [5.41, 5.74) is 1.28. The van der Waals surface area contributed by atoms with Crippen molar-refractivity contribution in [2.24, 2.45) is 0 Å². The van der Waals surface area contributed by atoms with Crippen LogP contribution in [0.1, 0.15) is 39.2 Å². The Bertz CT molecular complexity index is 401. The molecule has 0 fully saturated rings. The van der Waals surface area contributed by atoms with Gasteiger partial charge in [-0.3, -0.25) is 4.79 Å². The van der Waals surface area contributed by atoms with Gasteiger partial charge in [0.2, 0.25) is 5.91 Å². The lowest BCUT2D eigenvalue weighted by atomic mass is 10.2. The fourth-order valence-corrected chi connectivity index (χ4v) is 1.79. The molecule has 1 amide bonds. The fraction of sp³-hybridized carbons (Fsp3) is 0.588. The molecule has 1 aromatic carbocycles. The van der Waals surface area contributed by atoms with Gasteiger partial charge in [-0.2, -0.15) is 0 Å². The Morgan fingerprint density at radius 2 is 1.90 bits per heavy atom. The van der Waals surface area contributed by atoms with E-state index in [1.54, 1.807) is 0 Å². The zero-order valence-electron chi connectivity index (χ0n) is 13.4. The first-order chi connectivity index (χ1) is 10.1. The smallest absolute Gasteiger partial charge is 0.223 e. The molecular weight excluding hydrogens is 266 g/mol. The molecule has 4 heteroatoms. The second-order valence-corrected chi connectivity index (χ2v) is 5.22. The second-order valence-electron chi connectivity index (χ2n) is 5.22. The molecule has 0 radical (unpaired) electrons. The lowest BCUT2D eigenvalue weighted by Gasteiger charge is -2.09. The Morgan fingerprint density at radius 1 is 1.19 bits per heavy atom. The van der Waals surface area contributed by atoms with E-state index in [2.05, 4.69) is 12.2 Å². The number of hydrogen-bond donors (Lipinski definition) is 1. The van der Waals surface area contributed by atoms with Crippen LogP contribution in [0, 0.1) is 0 Å². The van der Waals surface area contributed by atoms with Crippen LogP contribution in [0.3, 0.4) is 0 Å². The van der Waals surface area contributed by atoms with Gasteiger partial charge < -0.3 is 14.8 Å². The molecule has 118 valence electrons. The van der Waals surface area contributed by atoms with Gasteiger partial charge in [0.25, 0.3) is 0 Å². The highest BCUT2D eigenvalue weighted by Gasteiger charge is 2.02. The molecule has 0 bridgehead atoms. The molecule has 0 unspecified atom stereocenters. The van der Waals surface area contributed by atoms with E-state index in [9.17, 15) is 4.79 Å². The summed E-state index contributed by atoms with van der Waals surface area (Å²) in [6.07, 6.45) is 2.47. The van der Waals surface area contributed by atoms with Crippen LogP contribution in [0.5, 0.6) is 5.75 Å². The predicted octanol–water partition coefficient (Wildman–Crippen LogP) is 2.95.